The Balaban J connectivity index is 2.45. The van der Waals surface area contributed by atoms with E-state index in [1.807, 2.05) is 0 Å². The molecule has 0 aromatic carbocycles. The molecule has 33 heavy (non-hydrogen) atoms. The van der Waals surface area contributed by atoms with Gasteiger partial charge in [-0.3, -0.25) is 9.59 Å². The van der Waals surface area contributed by atoms with Crippen LogP contribution in [0.4, 0.5) is 4.79 Å². The maximum Gasteiger partial charge on any atom is 0.409 e. The Morgan fingerprint density at radius 2 is 1.79 bits per heavy atom. The van der Waals surface area contributed by atoms with Crippen LogP contribution in [-0.2, 0) is 33.3 Å². The number of carbonyl (C=O) groups is 4. The van der Waals surface area contributed by atoms with Crippen LogP contribution in [0.3, 0.4) is 0 Å². The predicted molar refractivity (Wildman–Crippen MR) is 119 cm³/mol. The minimum atomic E-state index is -1.34. The fourth-order valence-electron chi connectivity index (χ4n) is 4.53. The minimum absolute atomic E-state index is 0.0190. The highest BCUT2D eigenvalue weighted by Crippen LogP contribution is 2.47. The Labute approximate surface area is 195 Å². The van der Waals surface area contributed by atoms with Crippen LogP contribution in [0.5, 0.6) is 0 Å². The van der Waals surface area contributed by atoms with Crippen LogP contribution in [0, 0.1) is 11.3 Å². The number of carbonyl (C=O) groups excluding carboxylic acids is 4. The number of ketones is 1. The Bertz CT molecular complexity index is 749. The molecule has 186 valence electrons. The van der Waals surface area contributed by atoms with Gasteiger partial charge in [0, 0.05) is 32.4 Å². The zero-order chi connectivity index (χ0) is 24.4. The summed E-state index contributed by atoms with van der Waals surface area (Å²) in [6.45, 7) is 7.29. The Hall–Kier alpha value is -2.58. The van der Waals surface area contributed by atoms with Gasteiger partial charge in [-0.15, -0.1) is 0 Å². The summed E-state index contributed by atoms with van der Waals surface area (Å²) in [5, 5.41) is 0. The van der Waals surface area contributed by atoms with Gasteiger partial charge in [0.2, 0.25) is 5.76 Å². The van der Waals surface area contributed by atoms with Gasteiger partial charge in [0.1, 0.15) is 5.41 Å². The van der Waals surface area contributed by atoms with Crippen LogP contribution in [0.15, 0.2) is 11.8 Å². The largest absolute Gasteiger partial charge is 0.460 e. The standard InChI is InChI=1S/C24H37NO8/c1-5-8-9-10-11-12-18-15-19(21(28)30-6-2)33-22(32-17(4)26)24(18)16-25(14-13-20(24)27)23(29)31-7-3/h15,18,22H,5-14,16H2,1-4H3/t18-,22+,24-/m1/s1. The van der Waals surface area contributed by atoms with Crippen molar-refractivity contribution in [1.82, 2.24) is 4.90 Å². The van der Waals surface area contributed by atoms with E-state index in [0.29, 0.717) is 6.42 Å². The monoisotopic (exact) mass is 467 g/mol. The summed E-state index contributed by atoms with van der Waals surface area (Å²) in [5.74, 6) is -2.03. The lowest BCUT2D eigenvalue weighted by atomic mass is 9.65. The first-order chi connectivity index (χ1) is 15.8. The fraction of sp³-hybridized carbons (Fsp3) is 0.750. The molecule has 0 aromatic rings. The fourth-order valence-corrected chi connectivity index (χ4v) is 4.53. The first-order valence-electron chi connectivity index (χ1n) is 12.0. The lowest BCUT2D eigenvalue weighted by Gasteiger charge is -2.49. The smallest absolute Gasteiger partial charge is 0.409 e. The lowest BCUT2D eigenvalue weighted by Crippen LogP contribution is -2.62. The van der Waals surface area contributed by atoms with E-state index in [9.17, 15) is 19.2 Å². The second-order valence-electron chi connectivity index (χ2n) is 8.45. The van der Waals surface area contributed by atoms with Gasteiger partial charge in [-0.2, -0.15) is 0 Å². The number of amides is 1. The van der Waals surface area contributed by atoms with Gasteiger partial charge in [-0.1, -0.05) is 39.0 Å². The summed E-state index contributed by atoms with van der Waals surface area (Å²) in [4.78, 5) is 51.8. The number of esters is 2. The molecule has 0 N–H and O–H groups in total. The number of unbranched alkanes of at least 4 members (excludes halogenated alkanes) is 4. The van der Waals surface area contributed by atoms with Crippen molar-refractivity contribution in [3.8, 4) is 0 Å². The molecule has 0 radical (unpaired) electrons. The Kier molecular flexibility index (Phi) is 10.2. The van der Waals surface area contributed by atoms with E-state index in [2.05, 4.69) is 6.92 Å². The van der Waals surface area contributed by atoms with Gasteiger partial charge < -0.3 is 23.8 Å². The average molecular weight is 468 g/mol. The lowest BCUT2D eigenvalue weighted by molar-refractivity contribution is -0.220. The van der Waals surface area contributed by atoms with Gasteiger partial charge >= 0.3 is 18.0 Å². The second-order valence-corrected chi connectivity index (χ2v) is 8.45. The molecule has 3 atom stereocenters. The summed E-state index contributed by atoms with van der Waals surface area (Å²) in [5.41, 5.74) is -1.32. The molecule has 2 rings (SSSR count). The van der Waals surface area contributed by atoms with Gasteiger partial charge in [-0.05, 0) is 26.3 Å². The van der Waals surface area contributed by atoms with Crippen LogP contribution < -0.4 is 0 Å². The van der Waals surface area contributed by atoms with Crippen LogP contribution in [-0.4, -0.2) is 61.3 Å². The van der Waals surface area contributed by atoms with Crippen molar-refractivity contribution in [2.75, 3.05) is 26.3 Å². The van der Waals surface area contributed by atoms with Crippen LogP contribution >= 0.6 is 0 Å². The van der Waals surface area contributed by atoms with Crippen molar-refractivity contribution in [3.05, 3.63) is 11.8 Å². The molecule has 0 unspecified atom stereocenters. The molecule has 1 fully saturated rings. The van der Waals surface area contributed by atoms with Gasteiger partial charge in [0.15, 0.2) is 5.78 Å². The molecule has 2 aliphatic heterocycles. The zero-order valence-corrected chi connectivity index (χ0v) is 20.2. The van der Waals surface area contributed by atoms with Crippen molar-refractivity contribution in [2.24, 2.45) is 11.3 Å². The number of rotatable bonds is 10. The van der Waals surface area contributed by atoms with Crippen molar-refractivity contribution in [2.45, 2.75) is 78.9 Å². The van der Waals surface area contributed by atoms with E-state index in [-0.39, 0.29) is 44.3 Å². The normalized spacial score (nSPS) is 24.7. The predicted octanol–water partition coefficient (Wildman–Crippen LogP) is 3.75. The molecule has 0 bridgehead atoms. The van der Waals surface area contributed by atoms with Crippen molar-refractivity contribution < 1.29 is 38.1 Å². The van der Waals surface area contributed by atoms with Gasteiger partial charge in [0.05, 0.1) is 13.2 Å². The molecule has 9 heteroatoms. The number of allylic oxidation sites excluding steroid dienone is 1. The van der Waals surface area contributed by atoms with E-state index in [4.69, 9.17) is 18.9 Å². The number of ether oxygens (including phenoxy) is 4. The number of Topliss-reactive ketones (excluding diaryl/α,β-unsaturated/α-hetero) is 1. The summed E-state index contributed by atoms with van der Waals surface area (Å²) < 4.78 is 21.5. The third-order valence-electron chi connectivity index (χ3n) is 6.14. The zero-order valence-electron chi connectivity index (χ0n) is 20.2. The molecule has 1 spiro atoms. The number of piperidine rings is 1. The van der Waals surface area contributed by atoms with E-state index >= 15 is 0 Å². The molecule has 9 nitrogen and oxygen atoms in total. The molecule has 1 saturated heterocycles. The molecular formula is C24H37NO8. The molecule has 2 aliphatic rings. The Morgan fingerprint density at radius 3 is 2.42 bits per heavy atom. The highest BCUT2D eigenvalue weighted by Gasteiger charge is 2.59. The van der Waals surface area contributed by atoms with E-state index < -0.39 is 35.7 Å². The molecule has 0 aromatic heterocycles. The minimum Gasteiger partial charge on any atom is -0.460 e. The first kappa shape index (κ1) is 26.7. The van der Waals surface area contributed by atoms with E-state index in [1.165, 1.54) is 11.8 Å². The van der Waals surface area contributed by atoms with Crippen LogP contribution in [0.25, 0.3) is 0 Å². The van der Waals surface area contributed by atoms with Gasteiger partial charge in [0.25, 0.3) is 6.29 Å². The topological polar surface area (TPSA) is 108 Å². The van der Waals surface area contributed by atoms with E-state index in [1.54, 1.807) is 19.9 Å². The van der Waals surface area contributed by atoms with Crippen molar-refractivity contribution in [3.63, 3.8) is 0 Å². The summed E-state index contributed by atoms with van der Waals surface area (Å²) in [7, 11) is 0. The maximum atomic E-state index is 13.4. The maximum absolute atomic E-state index is 13.4. The third kappa shape index (κ3) is 6.48. The quantitative estimate of drug-likeness (QED) is 0.272. The molecule has 2 heterocycles. The van der Waals surface area contributed by atoms with Crippen LogP contribution in [0.2, 0.25) is 0 Å². The van der Waals surface area contributed by atoms with Crippen molar-refractivity contribution in [1.29, 1.82) is 0 Å². The molecular weight excluding hydrogens is 430 g/mol. The van der Waals surface area contributed by atoms with Gasteiger partial charge in [-0.25, -0.2) is 9.59 Å². The number of hydrogen-bond donors (Lipinski definition) is 0. The third-order valence-corrected chi connectivity index (χ3v) is 6.14. The number of nitrogens with zero attached hydrogens (tertiary/aromatic N) is 1. The molecule has 1 amide bonds. The molecule has 0 saturated carbocycles. The Morgan fingerprint density at radius 1 is 1.09 bits per heavy atom. The highest BCUT2D eigenvalue weighted by atomic mass is 16.7. The highest BCUT2D eigenvalue weighted by molar-refractivity contribution is 5.91. The second kappa shape index (κ2) is 12.6. The van der Waals surface area contributed by atoms with Crippen LogP contribution in [0.1, 0.15) is 72.6 Å². The van der Waals surface area contributed by atoms with Crippen molar-refractivity contribution >= 4 is 23.8 Å². The average Bonchev–Trinajstić information content (AvgIpc) is 2.77. The number of hydrogen-bond acceptors (Lipinski definition) is 8. The summed E-state index contributed by atoms with van der Waals surface area (Å²) in [6.07, 6.45) is 5.48. The van der Waals surface area contributed by atoms with E-state index in [0.717, 1.165) is 32.1 Å². The summed E-state index contributed by atoms with van der Waals surface area (Å²) >= 11 is 0. The summed E-state index contributed by atoms with van der Waals surface area (Å²) in [6, 6.07) is 0. The SMILES string of the molecule is CCCCCCC[C@@H]1C=C(C(=O)OCC)O[C@H](OC(C)=O)[C@]12CN(C(=O)OCC)CCC2=O. The number of likely N-dealkylation sites (tertiary alicyclic amines) is 1. The molecule has 0 aliphatic carbocycles. The first-order valence-corrected chi connectivity index (χ1v) is 12.0.